The predicted octanol–water partition coefficient (Wildman–Crippen LogP) is 1.47. The average molecular weight is 249 g/mol. The molecule has 1 atom stereocenters. The number of hydrogen-bond acceptors (Lipinski definition) is 6. The second kappa shape index (κ2) is 5.72. The number of esters is 1. The van der Waals surface area contributed by atoms with E-state index in [4.69, 9.17) is 10.00 Å². The standard InChI is InChI=1S/C11H11N3O4/c1-3-18-11(15)8(6-12)9-10(14(16)17)7(2)4-5-13-9/h4-5,8H,3H2,1-2H3/t8-/m1/s1. The number of nitro groups is 1. The summed E-state index contributed by atoms with van der Waals surface area (Å²) in [5.74, 6) is -2.22. The molecule has 0 radical (unpaired) electrons. The fourth-order valence-electron chi connectivity index (χ4n) is 1.47. The molecule has 0 aliphatic heterocycles. The maximum atomic E-state index is 11.6. The van der Waals surface area contributed by atoms with Crippen molar-refractivity contribution < 1.29 is 14.5 Å². The lowest BCUT2D eigenvalue weighted by atomic mass is 10.0. The molecule has 1 aromatic rings. The summed E-state index contributed by atoms with van der Waals surface area (Å²) in [6.45, 7) is 3.20. The van der Waals surface area contributed by atoms with Crippen molar-refractivity contribution in [3.8, 4) is 6.07 Å². The molecular weight excluding hydrogens is 238 g/mol. The van der Waals surface area contributed by atoms with Gasteiger partial charge in [-0.1, -0.05) is 0 Å². The number of aromatic nitrogens is 1. The van der Waals surface area contributed by atoms with Gasteiger partial charge in [0, 0.05) is 11.8 Å². The SMILES string of the molecule is CCOC(=O)[C@H](C#N)c1nccc(C)c1[N+](=O)[O-]. The number of nitrogens with zero attached hydrogens (tertiary/aromatic N) is 3. The molecule has 7 nitrogen and oxygen atoms in total. The Labute approximate surface area is 103 Å². The van der Waals surface area contributed by atoms with E-state index in [0.717, 1.165) is 0 Å². The van der Waals surface area contributed by atoms with E-state index in [2.05, 4.69) is 4.98 Å². The highest BCUT2D eigenvalue weighted by Crippen LogP contribution is 2.28. The van der Waals surface area contributed by atoms with Gasteiger partial charge in [-0.2, -0.15) is 5.26 Å². The van der Waals surface area contributed by atoms with Gasteiger partial charge in [-0.15, -0.1) is 0 Å². The second-order valence-electron chi connectivity index (χ2n) is 3.43. The minimum absolute atomic E-state index is 0.0939. The topological polar surface area (TPSA) is 106 Å². The number of rotatable bonds is 4. The third-order valence-corrected chi connectivity index (χ3v) is 2.26. The van der Waals surface area contributed by atoms with E-state index in [9.17, 15) is 14.9 Å². The van der Waals surface area contributed by atoms with Crippen molar-refractivity contribution in [2.45, 2.75) is 19.8 Å². The van der Waals surface area contributed by atoms with Crippen LogP contribution < -0.4 is 0 Å². The molecule has 0 bridgehead atoms. The summed E-state index contributed by atoms with van der Waals surface area (Å²) in [6, 6.07) is 3.13. The molecule has 0 saturated heterocycles. The summed E-state index contributed by atoms with van der Waals surface area (Å²) in [7, 11) is 0. The molecule has 0 aliphatic carbocycles. The van der Waals surface area contributed by atoms with Gasteiger partial charge in [-0.3, -0.25) is 19.9 Å². The lowest BCUT2D eigenvalue weighted by Gasteiger charge is -2.09. The second-order valence-corrected chi connectivity index (χ2v) is 3.43. The van der Waals surface area contributed by atoms with Crippen molar-refractivity contribution in [2.24, 2.45) is 0 Å². The van der Waals surface area contributed by atoms with Crippen molar-refractivity contribution in [1.82, 2.24) is 4.98 Å². The summed E-state index contributed by atoms with van der Waals surface area (Å²) in [6.07, 6.45) is 1.32. The van der Waals surface area contributed by atoms with E-state index in [0.29, 0.717) is 5.56 Å². The molecule has 0 aromatic carbocycles. The van der Waals surface area contributed by atoms with Gasteiger partial charge in [-0.25, -0.2) is 0 Å². The third-order valence-electron chi connectivity index (χ3n) is 2.26. The quantitative estimate of drug-likeness (QED) is 0.454. The Morgan fingerprint density at radius 3 is 2.89 bits per heavy atom. The first kappa shape index (κ1) is 13.6. The molecule has 18 heavy (non-hydrogen) atoms. The molecule has 0 aliphatic rings. The van der Waals surface area contributed by atoms with Crippen molar-refractivity contribution in [3.05, 3.63) is 33.6 Å². The van der Waals surface area contributed by atoms with Gasteiger partial charge >= 0.3 is 5.97 Å². The van der Waals surface area contributed by atoms with Crippen LogP contribution >= 0.6 is 0 Å². The molecule has 0 fully saturated rings. The molecule has 7 heteroatoms. The van der Waals surface area contributed by atoms with E-state index in [1.807, 2.05) is 0 Å². The maximum Gasteiger partial charge on any atom is 0.329 e. The number of carbonyl (C=O) groups excluding carboxylic acids is 1. The highest BCUT2D eigenvalue weighted by atomic mass is 16.6. The largest absolute Gasteiger partial charge is 0.465 e. The molecule has 1 heterocycles. The van der Waals surface area contributed by atoms with E-state index in [1.54, 1.807) is 13.0 Å². The van der Waals surface area contributed by atoms with E-state index >= 15 is 0 Å². The van der Waals surface area contributed by atoms with Gasteiger partial charge in [0.15, 0.2) is 5.92 Å². The number of pyridine rings is 1. The lowest BCUT2D eigenvalue weighted by Crippen LogP contribution is -2.17. The Balaban J connectivity index is 3.31. The highest BCUT2D eigenvalue weighted by Gasteiger charge is 2.32. The van der Waals surface area contributed by atoms with Crippen LogP contribution in [0.2, 0.25) is 0 Å². The van der Waals surface area contributed by atoms with Crippen molar-refractivity contribution in [2.75, 3.05) is 6.61 Å². The highest BCUT2D eigenvalue weighted by molar-refractivity contribution is 5.82. The van der Waals surface area contributed by atoms with E-state index < -0.39 is 16.8 Å². The van der Waals surface area contributed by atoms with Gasteiger partial charge in [0.25, 0.3) is 5.69 Å². The van der Waals surface area contributed by atoms with Gasteiger partial charge in [0.05, 0.1) is 17.6 Å². The molecule has 0 amide bonds. The maximum absolute atomic E-state index is 11.6. The Hall–Kier alpha value is -2.49. The van der Waals surface area contributed by atoms with Crippen LogP contribution in [-0.4, -0.2) is 22.5 Å². The lowest BCUT2D eigenvalue weighted by molar-refractivity contribution is -0.386. The fourth-order valence-corrected chi connectivity index (χ4v) is 1.47. The summed E-state index contributed by atoms with van der Waals surface area (Å²) < 4.78 is 4.70. The first-order chi connectivity index (χ1) is 8.52. The monoisotopic (exact) mass is 249 g/mol. The van der Waals surface area contributed by atoms with Gasteiger partial charge in [0.1, 0.15) is 5.69 Å². The molecule has 0 N–H and O–H groups in total. The van der Waals surface area contributed by atoms with Crippen LogP contribution in [0.1, 0.15) is 24.1 Å². The van der Waals surface area contributed by atoms with Crippen LogP contribution in [0.4, 0.5) is 5.69 Å². The third kappa shape index (κ3) is 2.60. The zero-order chi connectivity index (χ0) is 13.7. The van der Waals surface area contributed by atoms with Crippen molar-refractivity contribution in [1.29, 1.82) is 5.26 Å². The van der Waals surface area contributed by atoms with Crippen molar-refractivity contribution in [3.63, 3.8) is 0 Å². The predicted molar refractivity (Wildman–Crippen MR) is 60.6 cm³/mol. The summed E-state index contributed by atoms with van der Waals surface area (Å²) >= 11 is 0. The Morgan fingerprint density at radius 2 is 2.39 bits per heavy atom. The Morgan fingerprint density at radius 1 is 1.72 bits per heavy atom. The molecule has 0 spiro atoms. The zero-order valence-corrected chi connectivity index (χ0v) is 9.91. The number of aryl methyl sites for hydroxylation is 1. The smallest absolute Gasteiger partial charge is 0.329 e. The Bertz CT molecular complexity index is 522. The molecule has 0 saturated carbocycles. The first-order valence-electron chi connectivity index (χ1n) is 5.19. The number of nitriles is 1. The molecule has 94 valence electrons. The summed E-state index contributed by atoms with van der Waals surface area (Å²) in [4.78, 5) is 25.6. The minimum Gasteiger partial charge on any atom is -0.465 e. The Kier molecular flexibility index (Phi) is 4.32. The van der Waals surface area contributed by atoms with E-state index in [1.165, 1.54) is 19.2 Å². The molecule has 1 rings (SSSR count). The van der Waals surface area contributed by atoms with Crippen LogP contribution in [0, 0.1) is 28.4 Å². The molecular formula is C11H11N3O4. The summed E-state index contributed by atoms with van der Waals surface area (Å²) in [5, 5.41) is 19.9. The normalized spacial score (nSPS) is 11.4. The fraction of sp³-hybridized carbons (Fsp3) is 0.364. The van der Waals surface area contributed by atoms with Gasteiger partial charge in [-0.05, 0) is 19.9 Å². The molecule has 1 aromatic heterocycles. The van der Waals surface area contributed by atoms with Crippen LogP contribution in [0.5, 0.6) is 0 Å². The number of carbonyl (C=O) groups is 1. The van der Waals surface area contributed by atoms with Crippen LogP contribution in [0.15, 0.2) is 12.3 Å². The first-order valence-corrected chi connectivity index (χ1v) is 5.19. The van der Waals surface area contributed by atoms with E-state index in [-0.39, 0.29) is 18.0 Å². The van der Waals surface area contributed by atoms with Crippen LogP contribution in [0.3, 0.4) is 0 Å². The number of ether oxygens (including phenoxy) is 1. The van der Waals surface area contributed by atoms with Gasteiger partial charge in [0.2, 0.25) is 0 Å². The van der Waals surface area contributed by atoms with Crippen molar-refractivity contribution >= 4 is 11.7 Å². The van der Waals surface area contributed by atoms with Crippen LogP contribution in [0.25, 0.3) is 0 Å². The number of hydrogen-bond donors (Lipinski definition) is 0. The van der Waals surface area contributed by atoms with Crippen LogP contribution in [-0.2, 0) is 9.53 Å². The zero-order valence-electron chi connectivity index (χ0n) is 9.91. The average Bonchev–Trinajstić information content (AvgIpc) is 2.29. The minimum atomic E-state index is -1.38. The summed E-state index contributed by atoms with van der Waals surface area (Å²) in [5.41, 5.74) is -0.160. The van der Waals surface area contributed by atoms with Gasteiger partial charge < -0.3 is 4.74 Å². The molecule has 0 unspecified atom stereocenters.